The van der Waals surface area contributed by atoms with Crippen LogP contribution in [0.1, 0.15) is 26.0 Å². The Hall–Kier alpha value is -1.03. The number of hydrogen-bond donors (Lipinski definition) is 1. The average Bonchev–Trinajstić information content (AvgIpc) is 2.59. The summed E-state index contributed by atoms with van der Waals surface area (Å²) >= 11 is 0. The molecule has 4 nitrogen and oxygen atoms in total. The lowest BCUT2D eigenvalue weighted by Gasteiger charge is -2.14. The number of anilines is 1. The summed E-state index contributed by atoms with van der Waals surface area (Å²) in [5.41, 5.74) is 1.08. The van der Waals surface area contributed by atoms with Crippen molar-refractivity contribution >= 4 is 5.95 Å². The summed E-state index contributed by atoms with van der Waals surface area (Å²) in [6.07, 6.45) is 3.24. The number of nitrogens with one attached hydrogen (secondary N) is 1. The topological polar surface area (TPSA) is 33.1 Å². The molecule has 0 aliphatic rings. The highest BCUT2D eigenvalue weighted by Crippen LogP contribution is 2.08. The van der Waals surface area contributed by atoms with Gasteiger partial charge in [-0.15, -0.1) is 0 Å². The van der Waals surface area contributed by atoms with Gasteiger partial charge in [0.1, 0.15) is 0 Å². The van der Waals surface area contributed by atoms with Gasteiger partial charge in [0.15, 0.2) is 0 Å². The van der Waals surface area contributed by atoms with E-state index in [9.17, 15) is 0 Å². The molecule has 1 aromatic heterocycles. The Balaban J connectivity index is 2.46. The SMILES string of the molecule is CCCn1cc(C)nc1NCCN(C)CC. The first-order chi connectivity index (χ1) is 7.67. The molecule has 0 aliphatic carbocycles. The van der Waals surface area contributed by atoms with E-state index in [-0.39, 0.29) is 0 Å². The number of likely N-dealkylation sites (N-methyl/N-ethyl adjacent to an activating group) is 1. The number of nitrogens with zero attached hydrogens (tertiary/aromatic N) is 3. The fraction of sp³-hybridized carbons (Fsp3) is 0.750. The molecule has 1 heterocycles. The Labute approximate surface area is 98.7 Å². The number of imidazole rings is 1. The van der Waals surface area contributed by atoms with E-state index >= 15 is 0 Å². The van der Waals surface area contributed by atoms with E-state index in [1.54, 1.807) is 0 Å². The van der Waals surface area contributed by atoms with Crippen LogP contribution in [0.2, 0.25) is 0 Å². The molecule has 0 saturated carbocycles. The van der Waals surface area contributed by atoms with Crippen molar-refractivity contribution in [2.45, 2.75) is 33.7 Å². The van der Waals surface area contributed by atoms with Gasteiger partial charge in [0.2, 0.25) is 5.95 Å². The lowest BCUT2D eigenvalue weighted by atomic mass is 10.5. The zero-order valence-electron chi connectivity index (χ0n) is 11.0. The minimum absolute atomic E-state index is 0.949. The number of aromatic nitrogens is 2. The molecule has 0 radical (unpaired) electrons. The molecule has 0 atom stereocenters. The third-order valence-electron chi connectivity index (χ3n) is 2.68. The fourth-order valence-electron chi connectivity index (χ4n) is 1.62. The van der Waals surface area contributed by atoms with Gasteiger partial charge in [-0.2, -0.15) is 0 Å². The van der Waals surface area contributed by atoms with Crippen molar-refractivity contribution in [3.8, 4) is 0 Å². The molecular formula is C12H24N4. The van der Waals surface area contributed by atoms with Gasteiger partial charge in [-0.05, 0) is 26.9 Å². The van der Waals surface area contributed by atoms with E-state index in [1.165, 1.54) is 0 Å². The number of aryl methyl sites for hydroxylation is 2. The van der Waals surface area contributed by atoms with Crippen LogP contribution < -0.4 is 5.32 Å². The second-order valence-electron chi connectivity index (χ2n) is 4.22. The lowest BCUT2D eigenvalue weighted by molar-refractivity contribution is 0.366. The summed E-state index contributed by atoms with van der Waals surface area (Å²) in [5, 5.41) is 3.39. The molecular weight excluding hydrogens is 200 g/mol. The Bertz CT molecular complexity index is 306. The highest BCUT2D eigenvalue weighted by molar-refractivity contribution is 5.28. The van der Waals surface area contributed by atoms with Gasteiger partial charge in [0, 0.05) is 25.8 Å². The van der Waals surface area contributed by atoms with Crippen LogP contribution in [-0.2, 0) is 6.54 Å². The summed E-state index contributed by atoms with van der Waals surface area (Å²) in [6.45, 7) is 10.5. The predicted octanol–water partition coefficient (Wildman–Crippen LogP) is 1.97. The van der Waals surface area contributed by atoms with Crippen molar-refractivity contribution in [3.63, 3.8) is 0 Å². The minimum atomic E-state index is 0.949. The van der Waals surface area contributed by atoms with E-state index < -0.39 is 0 Å². The summed E-state index contributed by atoms with van der Waals surface area (Å²) in [6, 6.07) is 0. The molecule has 1 N–H and O–H groups in total. The van der Waals surface area contributed by atoms with Crippen LogP contribution in [0.3, 0.4) is 0 Å². The summed E-state index contributed by atoms with van der Waals surface area (Å²) in [5.74, 6) is 1.00. The van der Waals surface area contributed by atoms with Gasteiger partial charge in [-0.1, -0.05) is 13.8 Å². The normalized spacial score (nSPS) is 11.1. The van der Waals surface area contributed by atoms with Crippen molar-refractivity contribution in [1.29, 1.82) is 0 Å². The van der Waals surface area contributed by atoms with E-state index in [0.717, 1.165) is 44.2 Å². The molecule has 92 valence electrons. The molecule has 0 fully saturated rings. The average molecular weight is 224 g/mol. The van der Waals surface area contributed by atoms with E-state index in [1.807, 2.05) is 6.92 Å². The Morgan fingerprint density at radius 3 is 2.81 bits per heavy atom. The van der Waals surface area contributed by atoms with Crippen LogP contribution in [0.15, 0.2) is 6.20 Å². The Kier molecular flexibility index (Phi) is 5.32. The van der Waals surface area contributed by atoms with E-state index in [0.29, 0.717) is 0 Å². The molecule has 0 spiro atoms. The van der Waals surface area contributed by atoms with Crippen LogP contribution >= 0.6 is 0 Å². The van der Waals surface area contributed by atoms with Crippen LogP contribution in [0, 0.1) is 6.92 Å². The molecule has 4 heteroatoms. The van der Waals surface area contributed by atoms with Gasteiger partial charge in [0.25, 0.3) is 0 Å². The zero-order valence-corrected chi connectivity index (χ0v) is 11.0. The van der Waals surface area contributed by atoms with Gasteiger partial charge < -0.3 is 14.8 Å². The van der Waals surface area contributed by atoms with Crippen LogP contribution in [0.5, 0.6) is 0 Å². The predicted molar refractivity (Wildman–Crippen MR) is 68.9 cm³/mol. The molecule has 1 aromatic rings. The Morgan fingerprint density at radius 2 is 2.19 bits per heavy atom. The van der Waals surface area contributed by atoms with Crippen molar-refractivity contribution in [2.75, 3.05) is 32.0 Å². The van der Waals surface area contributed by atoms with E-state index in [2.05, 4.69) is 46.9 Å². The van der Waals surface area contributed by atoms with Gasteiger partial charge in [-0.25, -0.2) is 4.98 Å². The zero-order chi connectivity index (χ0) is 12.0. The monoisotopic (exact) mass is 224 g/mol. The smallest absolute Gasteiger partial charge is 0.203 e. The first kappa shape index (κ1) is 13.0. The standard InChI is InChI=1S/C12H24N4/c1-5-8-16-10-11(3)14-12(16)13-7-9-15(4)6-2/h10H,5-9H2,1-4H3,(H,13,14). The maximum Gasteiger partial charge on any atom is 0.203 e. The van der Waals surface area contributed by atoms with Gasteiger partial charge in [-0.3, -0.25) is 0 Å². The molecule has 0 aromatic carbocycles. The quantitative estimate of drug-likeness (QED) is 0.768. The van der Waals surface area contributed by atoms with Crippen molar-refractivity contribution in [1.82, 2.24) is 14.5 Å². The summed E-state index contributed by atoms with van der Waals surface area (Å²) in [7, 11) is 2.13. The summed E-state index contributed by atoms with van der Waals surface area (Å²) in [4.78, 5) is 6.77. The first-order valence-electron chi connectivity index (χ1n) is 6.13. The number of rotatable bonds is 7. The van der Waals surface area contributed by atoms with Crippen LogP contribution in [-0.4, -0.2) is 41.1 Å². The lowest BCUT2D eigenvalue weighted by Crippen LogP contribution is -2.25. The third kappa shape index (κ3) is 3.85. The maximum atomic E-state index is 4.49. The second kappa shape index (κ2) is 6.53. The molecule has 0 amide bonds. The molecule has 0 unspecified atom stereocenters. The van der Waals surface area contributed by atoms with Gasteiger partial charge in [0.05, 0.1) is 5.69 Å². The summed E-state index contributed by atoms with van der Waals surface area (Å²) < 4.78 is 2.20. The molecule has 0 bridgehead atoms. The molecule has 0 aliphatic heterocycles. The minimum Gasteiger partial charge on any atom is -0.354 e. The third-order valence-corrected chi connectivity index (χ3v) is 2.68. The van der Waals surface area contributed by atoms with Gasteiger partial charge >= 0.3 is 0 Å². The van der Waals surface area contributed by atoms with Crippen molar-refractivity contribution in [3.05, 3.63) is 11.9 Å². The van der Waals surface area contributed by atoms with E-state index in [4.69, 9.17) is 0 Å². The molecule has 16 heavy (non-hydrogen) atoms. The fourth-order valence-corrected chi connectivity index (χ4v) is 1.62. The maximum absolute atomic E-state index is 4.49. The van der Waals surface area contributed by atoms with Crippen LogP contribution in [0.25, 0.3) is 0 Å². The Morgan fingerprint density at radius 1 is 1.44 bits per heavy atom. The largest absolute Gasteiger partial charge is 0.354 e. The molecule has 1 rings (SSSR count). The highest BCUT2D eigenvalue weighted by atomic mass is 15.2. The highest BCUT2D eigenvalue weighted by Gasteiger charge is 2.04. The molecule has 0 saturated heterocycles. The second-order valence-corrected chi connectivity index (χ2v) is 4.22. The van der Waals surface area contributed by atoms with Crippen molar-refractivity contribution < 1.29 is 0 Å². The van der Waals surface area contributed by atoms with Crippen LogP contribution in [0.4, 0.5) is 5.95 Å². The first-order valence-corrected chi connectivity index (χ1v) is 6.13. The number of hydrogen-bond acceptors (Lipinski definition) is 3. The van der Waals surface area contributed by atoms with Crippen molar-refractivity contribution in [2.24, 2.45) is 0 Å².